The number of amides is 1. The van der Waals surface area contributed by atoms with Crippen LogP contribution in [-0.4, -0.2) is 22.3 Å². The molecule has 3 aromatic rings. The molecule has 0 bridgehead atoms. The van der Waals surface area contributed by atoms with Gasteiger partial charge in [-0.15, -0.1) is 0 Å². The highest BCUT2D eigenvalue weighted by molar-refractivity contribution is 5.99. The summed E-state index contributed by atoms with van der Waals surface area (Å²) >= 11 is 0. The molecule has 6 heteroatoms. The molecule has 1 aromatic heterocycles. The summed E-state index contributed by atoms with van der Waals surface area (Å²) in [4.78, 5) is 18.6. The van der Waals surface area contributed by atoms with Crippen molar-refractivity contribution in [3.8, 4) is 11.5 Å². The number of hydrogen-bond acceptors (Lipinski definition) is 4. The molecule has 1 aliphatic rings. The smallest absolute Gasteiger partial charge is 0.254 e. The number of benzene rings is 2. The van der Waals surface area contributed by atoms with Gasteiger partial charge in [0.2, 0.25) is 0 Å². The number of carbonyl (C=O) groups is 1. The number of hydrogen-bond donors (Lipinski definition) is 1. The van der Waals surface area contributed by atoms with Crippen LogP contribution >= 0.6 is 0 Å². The van der Waals surface area contributed by atoms with Crippen LogP contribution < -0.4 is 10.1 Å². The minimum atomic E-state index is -0.432. The van der Waals surface area contributed by atoms with E-state index in [0.717, 1.165) is 11.1 Å². The monoisotopic (exact) mass is 391 g/mol. The van der Waals surface area contributed by atoms with Crippen LogP contribution in [0, 0.1) is 5.82 Å². The molecule has 1 aliphatic heterocycles. The normalized spacial score (nSPS) is 13.9. The van der Waals surface area contributed by atoms with Gasteiger partial charge in [0.25, 0.3) is 5.91 Å². The number of ether oxygens (including phenoxy) is 1. The van der Waals surface area contributed by atoms with E-state index in [-0.39, 0.29) is 17.7 Å². The maximum absolute atomic E-state index is 14.6. The Balaban J connectivity index is 1.52. The van der Waals surface area contributed by atoms with E-state index in [9.17, 15) is 9.18 Å². The molecule has 0 fully saturated rings. The lowest BCUT2D eigenvalue weighted by molar-refractivity contribution is 0.0787. The topological polar surface area (TPSA) is 54.5 Å². The first kappa shape index (κ1) is 18.9. The first-order chi connectivity index (χ1) is 14.1. The van der Waals surface area contributed by atoms with Crippen LogP contribution in [0.2, 0.25) is 0 Å². The van der Waals surface area contributed by atoms with Gasteiger partial charge < -0.3 is 15.0 Å². The molecule has 0 unspecified atom stereocenters. The van der Waals surface area contributed by atoms with Gasteiger partial charge in [0, 0.05) is 23.9 Å². The summed E-state index contributed by atoms with van der Waals surface area (Å²) in [5, 5.41) is 3.32. The number of nitrogens with one attached hydrogen (secondary N) is 1. The second-order valence-corrected chi connectivity index (χ2v) is 6.98. The quantitative estimate of drug-likeness (QED) is 0.630. The molecular weight excluding hydrogens is 369 g/mol. The molecule has 1 amide bonds. The Bertz CT molecular complexity index is 1040. The number of fused-ring (bicyclic) bond motifs is 1. The summed E-state index contributed by atoms with van der Waals surface area (Å²) in [5.41, 5.74) is 2.32. The summed E-state index contributed by atoms with van der Waals surface area (Å²) in [6.07, 6.45) is 1.63. The van der Waals surface area contributed by atoms with Gasteiger partial charge >= 0.3 is 0 Å². The van der Waals surface area contributed by atoms with Crippen LogP contribution in [0.1, 0.15) is 41.4 Å². The van der Waals surface area contributed by atoms with Crippen molar-refractivity contribution in [3.63, 3.8) is 0 Å². The van der Waals surface area contributed by atoms with E-state index in [1.54, 1.807) is 35.4 Å². The zero-order valence-corrected chi connectivity index (χ0v) is 16.4. The van der Waals surface area contributed by atoms with Crippen LogP contribution in [0.15, 0.2) is 60.8 Å². The van der Waals surface area contributed by atoms with Crippen molar-refractivity contribution in [3.05, 3.63) is 83.3 Å². The van der Waals surface area contributed by atoms with Crippen molar-refractivity contribution in [2.45, 2.75) is 26.4 Å². The zero-order chi connectivity index (χ0) is 20.4. The van der Waals surface area contributed by atoms with Crippen molar-refractivity contribution < 1.29 is 13.9 Å². The highest BCUT2D eigenvalue weighted by atomic mass is 19.1. The molecule has 1 N–H and O–H groups in total. The van der Waals surface area contributed by atoms with Crippen LogP contribution in [0.4, 0.5) is 10.2 Å². The number of pyridine rings is 1. The number of aromatic nitrogens is 1. The maximum atomic E-state index is 14.6. The molecule has 0 radical (unpaired) electrons. The van der Waals surface area contributed by atoms with Crippen LogP contribution in [0.5, 0.6) is 11.5 Å². The van der Waals surface area contributed by atoms with E-state index in [1.807, 2.05) is 38.1 Å². The molecule has 0 spiro atoms. The van der Waals surface area contributed by atoms with Gasteiger partial charge in [-0.05, 0) is 49.7 Å². The molecule has 1 atom stereocenters. The Kier molecular flexibility index (Phi) is 5.16. The Hall–Kier alpha value is -3.41. The predicted octanol–water partition coefficient (Wildman–Crippen LogP) is 5.16. The fourth-order valence-corrected chi connectivity index (χ4v) is 3.44. The number of rotatable bonds is 6. The number of anilines is 1. The first-order valence-corrected chi connectivity index (χ1v) is 9.63. The van der Waals surface area contributed by atoms with Crippen LogP contribution in [0.25, 0.3) is 0 Å². The molecule has 148 valence electrons. The molecule has 4 rings (SSSR count). The summed E-state index contributed by atoms with van der Waals surface area (Å²) in [7, 11) is 0. The fraction of sp³-hybridized carbons (Fsp3) is 0.217. The van der Waals surface area contributed by atoms with Gasteiger partial charge in [-0.1, -0.05) is 24.3 Å². The minimum Gasteiger partial charge on any atom is -0.454 e. The Morgan fingerprint density at radius 1 is 1.21 bits per heavy atom. The molecule has 29 heavy (non-hydrogen) atoms. The van der Waals surface area contributed by atoms with Gasteiger partial charge in [0.05, 0.1) is 12.6 Å². The van der Waals surface area contributed by atoms with E-state index >= 15 is 0 Å². The zero-order valence-electron chi connectivity index (χ0n) is 16.4. The van der Waals surface area contributed by atoms with Crippen LogP contribution in [0.3, 0.4) is 0 Å². The number of carbonyl (C=O) groups excluding carboxylic acids is 1. The lowest BCUT2D eigenvalue weighted by atomic mass is 10.1. The highest BCUT2D eigenvalue weighted by Gasteiger charge is 2.29. The standard InChI is InChI=1S/C23H22FN3O2/c1-3-27-14-19-18(23(27)28)11-12-25-22(19)26-15(2)16-9-10-21(20(24)13-16)29-17-7-5-4-6-8-17/h4-13,15H,3,14H2,1-2H3,(H,25,26)/t15-/m0/s1. The summed E-state index contributed by atoms with van der Waals surface area (Å²) in [5.74, 6) is 1.01. The number of para-hydroxylation sites is 1. The molecular formula is C23H22FN3O2. The van der Waals surface area contributed by atoms with E-state index in [4.69, 9.17) is 4.74 Å². The van der Waals surface area contributed by atoms with E-state index in [1.165, 1.54) is 6.07 Å². The molecule has 0 aliphatic carbocycles. The third kappa shape index (κ3) is 3.78. The lowest BCUT2D eigenvalue weighted by Crippen LogP contribution is -2.22. The van der Waals surface area contributed by atoms with Gasteiger partial charge in [0.15, 0.2) is 11.6 Å². The Morgan fingerprint density at radius 3 is 2.72 bits per heavy atom. The molecule has 2 aromatic carbocycles. The second-order valence-electron chi connectivity index (χ2n) is 6.98. The average molecular weight is 391 g/mol. The van der Waals surface area contributed by atoms with Gasteiger partial charge in [-0.25, -0.2) is 9.37 Å². The first-order valence-electron chi connectivity index (χ1n) is 9.63. The third-order valence-electron chi connectivity index (χ3n) is 5.08. The number of halogens is 1. The van der Waals surface area contributed by atoms with Crippen molar-refractivity contribution in [1.29, 1.82) is 0 Å². The third-order valence-corrected chi connectivity index (χ3v) is 5.08. The van der Waals surface area contributed by atoms with Gasteiger partial charge in [-0.3, -0.25) is 4.79 Å². The van der Waals surface area contributed by atoms with E-state index in [2.05, 4.69) is 10.3 Å². The van der Waals surface area contributed by atoms with Gasteiger partial charge in [0.1, 0.15) is 11.6 Å². The van der Waals surface area contributed by atoms with Crippen molar-refractivity contribution in [2.75, 3.05) is 11.9 Å². The largest absolute Gasteiger partial charge is 0.454 e. The maximum Gasteiger partial charge on any atom is 0.254 e. The Morgan fingerprint density at radius 2 is 2.00 bits per heavy atom. The summed E-state index contributed by atoms with van der Waals surface area (Å²) in [6, 6.07) is 15.6. The molecule has 0 saturated carbocycles. The average Bonchev–Trinajstić information content (AvgIpc) is 3.07. The molecule has 0 saturated heterocycles. The van der Waals surface area contributed by atoms with Gasteiger partial charge in [-0.2, -0.15) is 0 Å². The van der Waals surface area contributed by atoms with Crippen molar-refractivity contribution in [1.82, 2.24) is 9.88 Å². The SMILES string of the molecule is CCN1Cc2c(ccnc2N[C@@H](C)c2ccc(Oc3ccccc3)c(F)c2)C1=O. The predicted molar refractivity (Wildman–Crippen MR) is 110 cm³/mol. The lowest BCUT2D eigenvalue weighted by Gasteiger charge is -2.18. The molecule has 5 nitrogen and oxygen atoms in total. The minimum absolute atomic E-state index is 0.0223. The van der Waals surface area contributed by atoms with Crippen molar-refractivity contribution in [2.24, 2.45) is 0 Å². The van der Waals surface area contributed by atoms with E-state index < -0.39 is 5.82 Å². The fourth-order valence-electron chi connectivity index (χ4n) is 3.44. The van der Waals surface area contributed by atoms with Crippen LogP contribution in [-0.2, 0) is 6.54 Å². The van der Waals surface area contributed by atoms with Crippen molar-refractivity contribution >= 4 is 11.7 Å². The summed E-state index contributed by atoms with van der Waals surface area (Å²) in [6.45, 7) is 5.07. The number of nitrogens with zero attached hydrogens (tertiary/aromatic N) is 2. The summed E-state index contributed by atoms with van der Waals surface area (Å²) < 4.78 is 20.2. The van der Waals surface area contributed by atoms with E-state index in [0.29, 0.717) is 30.2 Å². The Labute approximate surface area is 169 Å². The highest BCUT2D eigenvalue weighted by Crippen LogP contribution is 2.31. The molecule has 2 heterocycles. The second kappa shape index (κ2) is 7.91.